The number of hydrogen-bond donors (Lipinski definition) is 0. The first-order chi connectivity index (χ1) is 8.99. The summed E-state index contributed by atoms with van der Waals surface area (Å²) >= 11 is 0. The van der Waals surface area contributed by atoms with Gasteiger partial charge in [0.25, 0.3) is 0 Å². The second-order valence-corrected chi connectivity index (χ2v) is 12.2. The molecule has 0 radical (unpaired) electrons. The van der Waals surface area contributed by atoms with Gasteiger partial charge in [0.15, 0.2) is 0 Å². The van der Waals surface area contributed by atoms with Crippen LogP contribution in [0.4, 0.5) is 0 Å². The number of benzene rings is 1. The highest BCUT2D eigenvalue weighted by molar-refractivity contribution is 6.88. The molecule has 0 atom stereocenters. The van der Waals surface area contributed by atoms with Crippen molar-refractivity contribution in [2.24, 2.45) is 5.92 Å². The molecule has 0 spiro atoms. The summed E-state index contributed by atoms with van der Waals surface area (Å²) in [5, 5.41) is 1.57. The zero-order valence-corrected chi connectivity index (χ0v) is 14.1. The lowest BCUT2D eigenvalue weighted by atomic mass is 9.94. The Balaban J connectivity index is 1.90. The molecule has 0 aromatic heterocycles. The van der Waals surface area contributed by atoms with Gasteiger partial charge in [0.05, 0.1) is 8.07 Å². The summed E-state index contributed by atoms with van der Waals surface area (Å²) in [6.45, 7) is 13.3. The van der Waals surface area contributed by atoms with E-state index in [9.17, 15) is 0 Å². The molecule has 1 fully saturated rings. The van der Waals surface area contributed by atoms with E-state index in [1.54, 1.807) is 5.19 Å². The van der Waals surface area contributed by atoms with Crippen LogP contribution >= 0.6 is 0 Å². The largest absolute Gasteiger partial charge is 0.299 e. The lowest BCUT2D eigenvalue weighted by Crippen LogP contribution is -2.37. The van der Waals surface area contributed by atoms with Gasteiger partial charge in [0, 0.05) is 6.54 Å². The summed E-state index contributed by atoms with van der Waals surface area (Å²) in [6.07, 6.45) is 4.14. The van der Waals surface area contributed by atoms with Gasteiger partial charge < -0.3 is 0 Å². The first-order valence-electron chi connectivity index (χ1n) is 7.81. The zero-order chi connectivity index (χ0) is 13.9. The van der Waals surface area contributed by atoms with Crippen LogP contribution in [0.25, 0.3) is 0 Å². The van der Waals surface area contributed by atoms with E-state index in [4.69, 9.17) is 0 Å². The maximum atomic E-state index is 2.62. The summed E-state index contributed by atoms with van der Waals surface area (Å²) in [7, 11) is -1.14. The predicted molar refractivity (Wildman–Crippen MR) is 87.7 cm³/mol. The maximum Gasteiger partial charge on any atom is 0.0775 e. The summed E-state index contributed by atoms with van der Waals surface area (Å²) in [6, 6.07) is 9.42. The molecule has 1 nitrogen and oxygen atoms in total. The van der Waals surface area contributed by atoms with E-state index >= 15 is 0 Å². The second kappa shape index (κ2) is 6.23. The molecule has 1 aliphatic heterocycles. The highest BCUT2D eigenvalue weighted by atomic mass is 28.3. The Morgan fingerprint density at radius 2 is 1.63 bits per heavy atom. The molecule has 0 bridgehead atoms. The van der Waals surface area contributed by atoms with Crippen molar-refractivity contribution in [3.63, 3.8) is 0 Å². The van der Waals surface area contributed by atoms with Crippen molar-refractivity contribution < 1.29 is 0 Å². The van der Waals surface area contributed by atoms with Crippen LogP contribution < -0.4 is 5.19 Å². The second-order valence-electron chi connectivity index (χ2n) is 7.07. The highest BCUT2D eigenvalue weighted by Gasteiger charge is 2.18. The van der Waals surface area contributed by atoms with Gasteiger partial charge in [-0.25, -0.2) is 0 Å². The molecule has 1 aromatic rings. The topological polar surface area (TPSA) is 3.24 Å². The van der Waals surface area contributed by atoms with Crippen LogP contribution in [0.2, 0.25) is 19.6 Å². The third kappa shape index (κ3) is 4.18. The minimum atomic E-state index is -1.14. The molecular weight excluding hydrogens is 246 g/mol. The Labute approximate surface area is 120 Å². The number of piperidine rings is 1. The van der Waals surface area contributed by atoms with Crippen molar-refractivity contribution in [3.05, 3.63) is 29.8 Å². The van der Waals surface area contributed by atoms with Crippen LogP contribution in [0, 0.1) is 5.92 Å². The van der Waals surface area contributed by atoms with Gasteiger partial charge in [0.2, 0.25) is 0 Å². The van der Waals surface area contributed by atoms with E-state index in [-0.39, 0.29) is 0 Å². The molecule has 1 aliphatic rings. The van der Waals surface area contributed by atoms with Gasteiger partial charge >= 0.3 is 0 Å². The van der Waals surface area contributed by atoms with Gasteiger partial charge in [-0.15, -0.1) is 0 Å². The fourth-order valence-electron chi connectivity index (χ4n) is 2.92. The third-order valence-corrected chi connectivity index (χ3v) is 6.58. The molecule has 0 saturated carbocycles. The van der Waals surface area contributed by atoms with Crippen molar-refractivity contribution in [2.75, 3.05) is 13.1 Å². The van der Waals surface area contributed by atoms with Crippen molar-refractivity contribution in [1.29, 1.82) is 0 Å². The van der Waals surface area contributed by atoms with Crippen LogP contribution in [0.5, 0.6) is 0 Å². The molecule has 0 unspecified atom stereocenters. The summed E-state index contributed by atoms with van der Waals surface area (Å²) in [4.78, 5) is 2.62. The quantitative estimate of drug-likeness (QED) is 0.754. The minimum Gasteiger partial charge on any atom is -0.299 e. The fraction of sp³-hybridized carbons (Fsp3) is 0.647. The number of hydrogen-bond acceptors (Lipinski definition) is 1. The van der Waals surface area contributed by atoms with E-state index in [1.165, 1.54) is 37.9 Å². The lowest BCUT2D eigenvalue weighted by molar-refractivity contribution is 0.175. The highest BCUT2D eigenvalue weighted by Crippen LogP contribution is 2.21. The summed E-state index contributed by atoms with van der Waals surface area (Å²) in [5.74, 6) is 0.977. The summed E-state index contributed by atoms with van der Waals surface area (Å²) < 4.78 is 0. The molecule has 1 aromatic carbocycles. The van der Waals surface area contributed by atoms with E-state index in [0.29, 0.717) is 0 Å². The Morgan fingerprint density at radius 1 is 1.05 bits per heavy atom. The molecule has 19 heavy (non-hydrogen) atoms. The molecule has 0 aliphatic carbocycles. The SMILES string of the molecule is CCC1CCN(Cc2ccc([Si](C)(C)C)cc2)CC1. The van der Waals surface area contributed by atoms with Crippen LogP contribution in [-0.4, -0.2) is 26.1 Å². The van der Waals surface area contributed by atoms with Crippen molar-refractivity contribution in [3.8, 4) is 0 Å². The first-order valence-corrected chi connectivity index (χ1v) is 11.3. The van der Waals surface area contributed by atoms with Gasteiger partial charge in [0.1, 0.15) is 0 Å². The molecule has 2 heteroatoms. The average molecular weight is 276 g/mol. The zero-order valence-electron chi connectivity index (χ0n) is 13.1. The Kier molecular flexibility index (Phi) is 4.85. The normalized spacial score (nSPS) is 18.7. The van der Waals surface area contributed by atoms with Crippen LogP contribution in [-0.2, 0) is 6.54 Å². The van der Waals surface area contributed by atoms with Crippen LogP contribution in [0.3, 0.4) is 0 Å². The lowest BCUT2D eigenvalue weighted by Gasteiger charge is -2.31. The molecule has 1 heterocycles. The van der Waals surface area contributed by atoms with Gasteiger partial charge in [-0.2, -0.15) is 0 Å². The Bertz CT molecular complexity index is 383. The van der Waals surface area contributed by atoms with E-state index in [0.717, 1.165) is 12.5 Å². The molecule has 2 rings (SSSR count). The van der Waals surface area contributed by atoms with E-state index < -0.39 is 8.07 Å². The minimum absolute atomic E-state index is 0.977. The standard InChI is InChI=1S/C17H29NSi/c1-5-15-10-12-18(13-11-15)14-16-6-8-17(9-7-16)19(2,3)4/h6-9,15H,5,10-14H2,1-4H3. The molecular formula is C17H29NSi. The van der Waals surface area contributed by atoms with E-state index in [1.807, 2.05) is 0 Å². The molecule has 106 valence electrons. The van der Waals surface area contributed by atoms with E-state index in [2.05, 4.69) is 55.7 Å². The monoisotopic (exact) mass is 275 g/mol. The third-order valence-electron chi connectivity index (χ3n) is 4.51. The smallest absolute Gasteiger partial charge is 0.0775 e. The fourth-order valence-corrected chi connectivity index (χ4v) is 4.09. The van der Waals surface area contributed by atoms with Crippen LogP contribution in [0.15, 0.2) is 24.3 Å². The van der Waals surface area contributed by atoms with Crippen LogP contribution in [0.1, 0.15) is 31.7 Å². The Hall–Kier alpha value is -0.603. The predicted octanol–water partition coefficient (Wildman–Crippen LogP) is 3.85. The number of likely N-dealkylation sites (tertiary alicyclic amines) is 1. The average Bonchev–Trinajstić information content (AvgIpc) is 2.39. The number of rotatable bonds is 4. The van der Waals surface area contributed by atoms with Gasteiger partial charge in [-0.05, 0) is 37.4 Å². The molecule has 0 N–H and O–H groups in total. The van der Waals surface area contributed by atoms with Crippen molar-refractivity contribution in [1.82, 2.24) is 4.90 Å². The summed E-state index contributed by atoms with van der Waals surface area (Å²) in [5.41, 5.74) is 1.48. The maximum absolute atomic E-state index is 2.62. The van der Waals surface area contributed by atoms with Gasteiger partial charge in [-0.1, -0.05) is 62.4 Å². The first kappa shape index (κ1) is 14.8. The Morgan fingerprint density at radius 3 is 2.11 bits per heavy atom. The molecule has 0 amide bonds. The van der Waals surface area contributed by atoms with Crippen molar-refractivity contribution >= 4 is 13.3 Å². The van der Waals surface area contributed by atoms with Gasteiger partial charge in [-0.3, -0.25) is 4.90 Å². The van der Waals surface area contributed by atoms with Crippen molar-refractivity contribution in [2.45, 2.75) is 52.4 Å². The molecule has 1 saturated heterocycles. The number of nitrogens with zero attached hydrogens (tertiary/aromatic N) is 1.